The second-order valence-electron chi connectivity index (χ2n) is 9.50. The fraction of sp³-hybridized carbons (Fsp3) is 0.591. The molecule has 0 aliphatic carbocycles. The van der Waals surface area contributed by atoms with E-state index in [1.807, 2.05) is 12.5 Å². The Labute approximate surface area is 165 Å². The van der Waals surface area contributed by atoms with E-state index in [-0.39, 0.29) is 5.04 Å². The van der Waals surface area contributed by atoms with Crippen molar-refractivity contribution in [3.05, 3.63) is 54.1 Å². The highest BCUT2D eigenvalue weighted by Gasteiger charge is 2.42. The minimum absolute atomic E-state index is 0.247. The van der Waals surface area contributed by atoms with Crippen molar-refractivity contribution in [3.63, 3.8) is 0 Å². The van der Waals surface area contributed by atoms with Gasteiger partial charge in [0.25, 0.3) is 0 Å². The van der Waals surface area contributed by atoms with Crippen molar-refractivity contribution in [3.8, 4) is 0 Å². The number of imidazole rings is 1. The second kappa shape index (κ2) is 7.90. The number of likely N-dealkylation sites (tertiary alicyclic amines) is 1. The van der Waals surface area contributed by atoms with Crippen LogP contribution in [0.1, 0.15) is 38.4 Å². The van der Waals surface area contributed by atoms with Gasteiger partial charge in [0.15, 0.2) is 8.32 Å². The predicted molar refractivity (Wildman–Crippen MR) is 114 cm³/mol. The molecule has 2 unspecified atom stereocenters. The molecule has 1 saturated heterocycles. The van der Waals surface area contributed by atoms with Crippen LogP contribution in [-0.2, 0) is 24.4 Å². The van der Waals surface area contributed by atoms with E-state index in [1.165, 1.54) is 11.3 Å². The molecule has 0 amide bonds. The van der Waals surface area contributed by atoms with Crippen LogP contribution in [0, 0.1) is 0 Å². The third-order valence-corrected chi connectivity index (χ3v) is 10.9. The Morgan fingerprint density at radius 2 is 1.89 bits per heavy atom. The number of nitrogens with zero attached hydrogens (tertiary/aromatic N) is 3. The summed E-state index contributed by atoms with van der Waals surface area (Å²) in [6, 6.07) is 11.3. The highest BCUT2D eigenvalue weighted by molar-refractivity contribution is 6.74. The molecule has 2 aromatic rings. The minimum atomic E-state index is -1.76. The molecule has 148 valence electrons. The second-order valence-corrected chi connectivity index (χ2v) is 14.3. The summed E-state index contributed by atoms with van der Waals surface area (Å²) < 4.78 is 8.93. The molecule has 1 aromatic heterocycles. The average Bonchev–Trinajstić information content (AvgIpc) is 3.14. The van der Waals surface area contributed by atoms with Gasteiger partial charge in [-0.05, 0) is 30.1 Å². The summed E-state index contributed by atoms with van der Waals surface area (Å²) in [5.74, 6) is 0. The van der Waals surface area contributed by atoms with Gasteiger partial charge in [0, 0.05) is 44.5 Å². The normalized spacial score (nSPS) is 21.7. The molecule has 0 spiro atoms. The van der Waals surface area contributed by atoms with Crippen molar-refractivity contribution < 1.29 is 4.43 Å². The van der Waals surface area contributed by atoms with Gasteiger partial charge in [-0.1, -0.05) is 51.1 Å². The molecule has 0 radical (unpaired) electrons. The topological polar surface area (TPSA) is 30.3 Å². The Kier molecular flexibility index (Phi) is 5.94. The monoisotopic (exact) mass is 385 g/mol. The number of hydrogen-bond acceptors (Lipinski definition) is 3. The maximum Gasteiger partial charge on any atom is 0.192 e. The van der Waals surface area contributed by atoms with E-state index in [0.717, 1.165) is 25.9 Å². The number of hydrogen-bond donors (Lipinski definition) is 0. The Morgan fingerprint density at radius 1 is 1.19 bits per heavy atom. The lowest BCUT2D eigenvalue weighted by molar-refractivity contribution is 0.177. The SMILES string of the molecule is Cn1cncc1CC1CC(O[Si](C)(C)C(C)(C)C)CN1Cc1ccccc1. The highest BCUT2D eigenvalue weighted by Crippen LogP contribution is 2.39. The largest absolute Gasteiger partial charge is 0.413 e. The van der Waals surface area contributed by atoms with Crippen molar-refractivity contribution in [1.82, 2.24) is 14.5 Å². The number of rotatable bonds is 6. The summed E-state index contributed by atoms with van der Waals surface area (Å²) in [6.07, 6.45) is 6.36. The Bertz CT molecular complexity index is 736. The first-order chi connectivity index (χ1) is 12.7. The molecule has 1 aliphatic heterocycles. The lowest BCUT2D eigenvalue weighted by atomic mass is 10.1. The van der Waals surface area contributed by atoms with Gasteiger partial charge in [-0.15, -0.1) is 0 Å². The molecule has 0 saturated carbocycles. The molecule has 3 rings (SSSR count). The summed E-state index contributed by atoms with van der Waals surface area (Å²) in [6.45, 7) is 13.7. The third-order valence-electron chi connectivity index (χ3n) is 6.35. The Hall–Kier alpha value is -1.43. The summed E-state index contributed by atoms with van der Waals surface area (Å²) >= 11 is 0. The van der Waals surface area contributed by atoms with E-state index in [2.05, 4.69) is 85.7 Å². The Balaban J connectivity index is 1.75. The van der Waals surface area contributed by atoms with Gasteiger partial charge in [-0.25, -0.2) is 4.98 Å². The predicted octanol–water partition coefficient (Wildman–Crippen LogP) is 4.63. The zero-order valence-electron chi connectivity index (χ0n) is 17.8. The molecule has 4 nitrogen and oxygen atoms in total. The van der Waals surface area contributed by atoms with Crippen molar-refractivity contribution >= 4 is 8.32 Å². The van der Waals surface area contributed by atoms with Crippen LogP contribution in [0.5, 0.6) is 0 Å². The van der Waals surface area contributed by atoms with Crippen LogP contribution in [0.4, 0.5) is 0 Å². The maximum absolute atomic E-state index is 6.79. The van der Waals surface area contributed by atoms with Gasteiger partial charge in [0.05, 0.1) is 12.4 Å². The van der Waals surface area contributed by atoms with E-state index < -0.39 is 8.32 Å². The fourth-order valence-electron chi connectivity index (χ4n) is 3.66. The molecule has 1 aliphatic rings. The Morgan fingerprint density at radius 3 is 2.48 bits per heavy atom. The average molecular weight is 386 g/mol. The van der Waals surface area contributed by atoms with E-state index in [4.69, 9.17) is 4.43 Å². The zero-order valence-corrected chi connectivity index (χ0v) is 18.8. The van der Waals surface area contributed by atoms with Crippen LogP contribution in [0.15, 0.2) is 42.9 Å². The molecule has 1 fully saturated rings. The minimum Gasteiger partial charge on any atom is -0.413 e. The van der Waals surface area contributed by atoms with Crippen LogP contribution in [0.2, 0.25) is 18.1 Å². The quantitative estimate of drug-likeness (QED) is 0.679. The van der Waals surface area contributed by atoms with Crippen LogP contribution in [-0.4, -0.2) is 41.5 Å². The lowest BCUT2D eigenvalue weighted by Crippen LogP contribution is -2.44. The number of aryl methyl sites for hydroxylation is 1. The highest BCUT2D eigenvalue weighted by atomic mass is 28.4. The first-order valence-electron chi connectivity index (χ1n) is 10.1. The fourth-order valence-corrected chi connectivity index (χ4v) is 5.02. The molecule has 27 heavy (non-hydrogen) atoms. The molecular weight excluding hydrogens is 350 g/mol. The lowest BCUT2D eigenvalue weighted by Gasteiger charge is -2.38. The van der Waals surface area contributed by atoms with Crippen molar-refractivity contribution in [2.24, 2.45) is 7.05 Å². The maximum atomic E-state index is 6.79. The summed E-state index contributed by atoms with van der Waals surface area (Å²) in [5.41, 5.74) is 2.67. The van der Waals surface area contributed by atoms with E-state index >= 15 is 0 Å². The summed E-state index contributed by atoms with van der Waals surface area (Å²) in [4.78, 5) is 6.91. The van der Waals surface area contributed by atoms with Gasteiger partial charge in [0.2, 0.25) is 0 Å². The smallest absolute Gasteiger partial charge is 0.192 e. The van der Waals surface area contributed by atoms with Gasteiger partial charge in [-0.2, -0.15) is 0 Å². The summed E-state index contributed by atoms with van der Waals surface area (Å²) in [7, 11) is 0.330. The third kappa shape index (κ3) is 4.89. The van der Waals surface area contributed by atoms with Crippen molar-refractivity contribution in [1.29, 1.82) is 0 Å². The molecule has 2 heterocycles. The van der Waals surface area contributed by atoms with E-state index in [0.29, 0.717) is 12.1 Å². The summed E-state index contributed by atoms with van der Waals surface area (Å²) in [5, 5.41) is 0.247. The molecule has 0 N–H and O–H groups in total. The first-order valence-corrected chi connectivity index (χ1v) is 13.0. The first kappa shape index (κ1) is 20.3. The molecule has 1 aromatic carbocycles. The molecular formula is C22H35N3OSi. The number of benzene rings is 1. The van der Waals surface area contributed by atoms with Gasteiger partial charge in [0.1, 0.15) is 0 Å². The molecule has 5 heteroatoms. The zero-order chi connectivity index (χ0) is 19.7. The molecule has 2 atom stereocenters. The molecule has 0 bridgehead atoms. The van der Waals surface area contributed by atoms with Crippen molar-refractivity contribution in [2.75, 3.05) is 6.54 Å². The van der Waals surface area contributed by atoms with Crippen LogP contribution < -0.4 is 0 Å². The van der Waals surface area contributed by atoms with Gasteiger partial charge >= 0.3 is 0 Å². The van der Waals surface area contributed by atoms with E-state index in [9.17, 15) is 0 Å². The van der Waals surface area contributed by atoms with Crippen LogP contribution >= 0.6 is 0 Å². The van der Waals surface area contributed by atoms with Crippen LogP contribution in [0.3, 0.4) is 0 Å². The standard InChI is InChI=1S/C22H35N3OSi/c1-22(2,3)27(5,6)26-21-13-19(12-20-14-23-17-24(20)4)25(16-21)15-18-10-8-7-9-11-18/h7-11,14,17,19,21H,12-13,15-16H2,1-6H3. The van der Waals surface area contributed by atoms with Gasteiger partial charge in [-0.3, -0.25) is 4.90 Å². The van der Waals surface area contributed by atoms with Gasteiger partial charge < -0.3 is 8.99 Å². The van der Waals surface area contributed by atoms with Crippen molar-refractivity contribution in [2.45, 2.75) is 70.4 Å². The van der Waals surface area contributed by atoms with E-state index in [1.54, 1.807) is 0 Å². The van der Waals surface area contributed by atoms with Crippen LogP contribution in [0.25, 0.3) is 0 Å². The number of aromatic nitrogens is 2.